The standard InChI is InChI=1S/C15H22N2O3/c1-2-20-15(18)7-8-16-13-3-5-14(6-4-13)17-9-11-19-12-10-17/h3-6,16H,2,7-12H2,1H3. The molecule has 1 aromatic rings. The summed E-state index contributed by atoms with van der Waals surface area (Å²) in [6.45, 7) is 6.31. The van der Waals surface area contributed by atoms with Gasteiger partial charge in [0.05, 0.1) is 26.2 Å². The number of nitrogens with zero attached hydrogens (tertiary/aromatic N) is 1. The highest BCUT2D eigenvalue weighted by Crippen LogP contribution is 2.18. The predicted molar refractivity (Wildman–Crippen MR) is 79.2 cm³/mol. The number of morpholine rings is 1. The first kappa shape index (κ1) is 14.7. The van der Waals surface area contributed by atoms with Crippen molar-refractivity contribution in [3.05, 3.63) is 24.3 Å². The number of ether oxygens (including phenoxy) is 2. The number of hydrogen-bond acceptors (Lipinski definition) is 5. The van der Waals surface area contributed by atoms with Gasteiger partial charge in [-0.05, 0) is 31.2 Å². The molecule has 1 aliphatic rings. The van der Waals surface area contributed by atoms with Crippen molar-refractivity contribution >= 4 is 17.3 Å². The van der Waals surface area contributed by atoms with Crippen LogP contribution in [0.2, 0.25) is 0 Å². The van der Waals surface area contributed by atoms with E-state index in [1.54, 1.807) is 0 Å². The fourth-order valence-corrected chi connectivity index (χ4v) is 2.15. The number of esters is 1. The summed E-state index contributed by atoms with van der Waals surface area (Å²) in [6.07, 6.45) is 0.388. The van der Waals surface area contributed by atoms with Crippen LogP contribution in [-0.4, -0.2) is 45.4 Å². The highest BCUT2D eigenvalue weighted by Gasteiger charge is 2.10. The summed E-state index contributed by atoms with van der Waals surface area (Å²) < 4.78 is 10.2. The van der Waals surface area contributed by atoms with Gasteiger partial charge in [0.25, 0.3) is 0 Å². The molecule has 1 saturated heterocycles. The average Bonchev–Trinajstić information content (AvgIpc) is 2.49. The van der Waals surface area contributed by atoms with Gasteiger partial charge in [0.1, 0.15) is 0 Å². The molecule has 0 aromatic heterocycles. The minimum absolute atomic E-state index is 0.162. The van der Waals surface area contributed by atoms with E-state index in [-0.39, 0.29) is 5.97 Å². The van der Waals surface area contributed by atoms with Crippen molar-refractivity contribution in [1.29, 1.82) is 0 Å². The Kier molecular flexibility index (Phi) is 5.68. The average molecular weight is 278 g/mol. The lowest BCUT2D eigenvalue weighted by Crippen LogP contribution is -2.36. The minimum atomic E-state index is -0.162. The van der Waals surface area contributed by atoms with Crippen molar-refractivity contribution in [3.63, 3.8) is 0 Å². The van der Waals surface area contributed by atoms with Gasteiger partial charge >= 0.3 is 5.97 Å². The summed E-state index contributed by atoms with van der Waals surface area (Å²) in [7, 11) is 0. The third-order valence-electron chi connectivity index (χ3n) is 3.21. The van der Waals surface area contributed by atoms with Crippen LogP contribution >= 0.6 is 0 Å². The van der Waals surface area contributed by atoms with Crippen LogP contribution in [0.15, 0.2) is 24.3 Å². The van der Waals surface area contributed by atoms with E-state index in [9.17, 15) is 4.79 Å². The van der Waals surface area contributed by atoms with Gasteiger partial charge in [0.15, 0.2) is 0 Å². The fraction of sp³-hybridized carbons (Fsp3) is 0.533. The summed E-state index contributed by atoms with van der Waals surface area (Å²) in [4.78, 5) is 13.5. The molecule has 0 spiro atoms. The van der Waals surface area contributed by atoms with Crippen LogP contribution in [0.5, 0.6) is 0 Å². The lowest BCUT2D eigenvalue weighted by atomic mass is 10.2. The maximum atomic E-state index is 11.2. The Morgan fingerprint density at radius 3 is 2.65 bits per heavy atom. The number of carbonyl (C=O) groups excluding carboxylic acids is 1. The zero-order chi connectivity index (χ0) is 14.2. The molecule has 0 atom stereocenters. The van der Waals surface area contributed by atoms with Crippen molar-refractivity contribution in [2.45, 2.75) is 13.3 Å². The van der Waals surface area contributed by atoms with E-state index in [2.05, 4.69) is 22.3 Å². The van der Waals surface area contributed by atoms with Crippen LogP contribution in [-0.2, 0) is 14.3 Å². The van der Waals surface area contributed by atoms with Gasteiger partial charge in [-0.1, -0.05) is 0 Å². The Morgan fingerprint density at radius 2 is 2.00 bits per heavy atom. The molecule has 0 amide bonds. The highest BCUT2D eigenvalue weighted by molar-refractivity contribution is 5.70. The van der Waals surface area contributed by atoms with E-state index in [0.29, 0.717) is 19.6 Å². The molecule has 1 aromatic carbocycles. The Labute approximate surface area is 119 Å². The van der Waals surface area contributed by atoms with Crippen LogP contribution in [0.3, 0.4) is 0 Å². The number of benzene rings is 1. The summed E-state index contributed by atoms with van der Waals surface area (Å²) in [5.41, 5.74) is 2.23. The van der Waals surface area contributed by atoms with E-state index in [4.69, 9.17) is 9.47 Å². The Balaban J connectivity index is 1.77. The summed E-state index contributed by atoms with van der Waals surface area (Å²) >= 11 is 0. The maximum Gasteiger partial charge on any atom is 0.307 e. The van der Waals surface area contributed by atoms with E-state index in [1.807, 2.05) is 19.1 Å². The second kappa shape index (κ2) is 7.75. The molecule has 1 N–H and O–H groups in total. The van der Waals surface area contributed by atoms with Crippen molar-refractivity contribution in [3.8, 4) is 0 Å². The molecule has 0 radical (unpaired) electrons. The zero-order valence-corrected chi connectivity index (χ0v) is 11.9. The molecule has 110 valence electrons. The Morgan fingerprint density at radius 1 is 1.30 bits per heavy atom. The van der Waals surface area contributed by atoms with E-state index in [1.165, 1.54) is 5.69 Å². The van der Waals surface area contributed by atoms with Crippen LogP contribution in [0.4, 0.5) is 11.4 Å². The Bertz CT molecular complexity index is 414. The molecule has 2 rings (SSSR count). The molecule has 0 unspecified atom stereocenters. The van der Waals surface area contributed by atoms with Crippen molar-refractivity contribution in [2.75, 3.05) is 49.7 Å². The van der Waals surface area contributed by atoms with E-state index in [0.717, 1.165) is 32.0 Å². The maximum absolute atomic E-state index is 11.2. The third-order valence-corrected chi connectivity index (χ3v) is 3.21. The molecular weight excluding hydrogens is 256 g/mol. The molecule has 0 saturated carbocycles. The molecular formula is C15H22N2O3. The molecule has 1 heterocycles. The number of hydrogen-bond donors (Lipinski definition) is 1. The lowest BCUT2D eigenvalue weighted by Gasteiger charge is -2.28. The molecule has 0 aliphatic carbocycles. The molecule has 5 heteroatoms. The lowest BCUT2D eigenvalue weighted by molar-refractivity contribution is -0.142. The molecule has 5 nitrogen and oxygen atoms in total. The van der Waals surface area contributed by atoms with Gasteiger partial charge in [-0.15, -0.1) is 0 Å². The van der Waals surface area contributed by atoms with Gasteiger partial charge < -0.3 is 19.7 Å². The highest BCUT2D eigenvalue weighted by atomic mass is 16.5. The molecule has 20 heavy (non-hydrogen) atoms. The first-order valence-corrected chi connectivity index (χ1v) is 7.12. The van der Waals surface area contributed by atoms with Crippen molar-refractivity contribution in [2.24, 2.45) is 0 Å². The Hall–Kier alpha value is -1.75. The van der Waals surface area contributed by atoms with E-state index >= 15 is 0 Å². The molecule has 1 aliphatic heterocycles. The molecule has 0 bridgehead atoms. The second-order valence-electron chi connectivity index (χ2n) is 4.63. The van der Waals surface area contributed by atoms with Crippen molar-refractivity contribution < 1.29 is 14.3 Å². The number of rotatable bonds is 6. The first-order valence-electron chi connectivity index (χ1n) is 7.12. The number of carbonyl (C=O) groups is 1. The minimum Gasteiger partial charge on any atom is -0.466 e. The molecule has 1 fully saturated rings. The summed E-state index contributed by atoms with van der Waals surface area (Å²) in [6, 6.07) is 8.27. The number of anilines is 2. The van der Waals surface area contributed by atoms with Gasteiger partial charge in [-0.25, -0.2) is 0 Å². The van der Waals surface area contributed by atoms with Gasteiger partial charge in [0, 0.05) is 31.0 Å². The van der Waals surface area contributed by atoms with Crippen LogP contribution < -0.4 is 10.2 Å². The van der Waals surface area contributed by atoms with Crippen LogP contribution in [0, 0.1) is 0 Å². The van der Waals surface area contributed by atoms with Crippen LogP contribution in [0.1, 0.15) is 13.3 Å². The first-order chi connectivity index (χ1) is 9.79. The van der Waals surface area contributed by atoms with Crippen LogP contribution in [0.25, 0.3) is 0 Å². The van der Waals surface area contributed by atoms with Crippen molar-refractivity contribution in [1.82, 2.24) is 0 Å². The largest absolute Gasteiger partial charge is 0.466 e. The third kappa shape index (κ3) is 4.42. The van der Waals surface area contributed by atoms with Gasteiger partial charge in [0.2, 0.25) is 0 Å². The van der Waals surface area contributed by atoms with E-state index < -0.39 is 0 Å². The van der Waals surface area contributed by atoms with Gasteiger partial charge in [-0.2, -0.15) is 0 Å². The predicted octanol–water partition coefficient (Wildman–Crippen LogP) is 1.89. The second-order valence-corrected chi connectivity index (χ2v) is 4.63. The smallest absolute Gasteiger partial charge is 0.307 e. The fourth-order valence-electron chi connectivity index (χ4n) is 2.15. The topological polar surface area (TPSA) is 50.8 Å². The summed E-state index contributed by atoms with van der Waals surface area (Å²) in [5.74, 6) is -0.162. The number of nitrogens with one attached hydrogen (secondary N) is 1. The van der Waals surface area contributed by atoms with Gasteiger partial charge in [-0.3, -0.25) is 4.79 Å². The SMILES string of the molecule is CCOC(=O)CCNc1ccc(N2CCOCC2)cc1. The quantitative estimate of drug-likeness (QED) is 0.805. The summed E-state index contributed by atoms with van der Waals surface area (Å²) in [5, 5.41) is 3.22. The monoisotopic (exact) mass is 278 g/mol. The zero-order valence-electron chi connectivity index (χ0n) is 11.9. The normalized spacial score (nSPS) is 14.9.